The van der Waals surface area contributed by atoms with E-state index in [-0.39, 0.29) is 11.7 Å². The van der Waals surface area contributed by atoms with Gasteiger partial charge in [0.2, 0.25) is 0 Å². The summed E-state index contributed by atoms with van der Waals surface area (Å²) in [5, 5.41) is 15.2. The second-order valence-corrected chi connectivity index (χ2v) is 4.46. The second-order valence-electron chi connectivity index (χ2n) is 4.46. The van der Waals surface area contributed by atoms with Gasteiger partial charge in [0.15, 0.2) is 0 Å². The minimum absolute atomic E-state index is 0.0578. The van der Waals surface area contributed by atoms with Crippen LogP contribution < -0.4 is 10.6 Å². The molecule has 4 nitrogen and oxygen atoms in total. The first-order valence-corrected chi connectivity index (χ1v) is 6.59. The van der Waals surface area contributed by atoms with Crippen LogP contribution in [0.25, 0.3) is 0 Å². The molecule has 0 aliphatic rings. The number of aromatic hydroxyl groups is 1. The number of anilines is 1. The quantitative estimate of drug-likeness (QED) is 0.783. The Kier molecular flexibility index (Phi) is 4.60. The van der Waals surface area contributed by atoms with E-state index in [4.69, 9.17) is 0 Å². The molecule has 104 valence electrons. The Morgan fingerprint density at radius 3 is 2.30 bits per heavy atom. The summed E-state index contributed by atoms with van der Waals surface area (Å²) in [6, 6.07) is 14.4. The van der Waals surface area contributed by atoms with Gasteiger partial charge in [-0.05, 0) is 48.9 Å². The van der Waals surface area contributed by atoms with Crippen molar-refractivity contribution in [2.45, 2.75) is 13.5 Å². The highest BCUT2D eigenvalue weighted by Crippen LogP contribution is 2.13. The Balaban J connectivity index is 1.93. The Morgan fingerprint density at radius 2 is 1.70 bits per heavy atom. The first-order chi connectivity index (χ1) is 9.69. The standard InChI is InChI=1S/C16H18N2O2/c1-2-17-16(20)13-5-7-14(8-6-13)18-11-12-3-9-15(19)10-4-12/h3-10,18-19H,2,11H2,1H3,(H,17,20). The van der Waals surface area contributed by atoms with Crippen LogP contribution in [-0.4, -0.2) is 17.6 Å². The van der Waals surface area contributed by atoms with Gasteiger partial charge < -0.3 is 15.7 Å². The largest absolute Gasteiger partial charge is 0.508 e. The average molecular weight is 270 g/mol. The topological polar surface area (TPSA) is 61.4 Å². The Bertz CT molecular complexity index is 562. The van der Waals surface area contributed by atoms with Gasteiger partial charge >= 0.3 is 0 Å². The summed E-state index contributed by atoms with van der Waals surface area (Å²) >= 11 is 0. The number of nitrogens with one attached hydrogen (secondary N) is 2. The van der Waals surface area contributed by atoms with Crippen LogP contribution >= 0.6 is 0 Å². The van der Waals surface area contributed by atoms with Crippen LogP contribution in [0.3, 0.4) is 0 Å². The maximum atomic E-state index is 11.6. The molecule has 20 heavy (non-hydrogen) atoms. The molecule has 4 heteroatoms. The Hall–Kier alpha value is -2.49. The summed E-state index contributed by atoms with van der Waals surface area (Å²) in [5.74, 6) is 0.206. The molecule has 0 spiro atoms. The van der Waals surface area contributed by atoms with Crippen LogP contribution in [0.1, 0.15) is 22.8 Å². The Labute approximate surface area is 118 Å². The van der Waals surface area contributed by atoms with E-state index in [1.54, 1.807) is 24.3 Å². The first-order valence-electron chi connectivity index (χ1n) is 6.59. The molecule has 0 saturated carbocycles. The zero-order valence-corrected chi connectivity index (χ0v) is 11.4. The fraction of sp³-hybridized carbons (Fsp3) is 0.188. The third kappa shape index (κ3) is 3.75. The van der Waals surface area contributed by atoms with Gasteiger partial charge in [-0.3, -0.25) is 4.79 Å². The summed E-state index contributed by atoms with van der Waals surface area (Å²) < 4.78 is 0. The minimum Gasteiger partial charge on any atom is -0.508 e. The second kappa shape index (κ2) is 6.61. The number of rotatable bonds is 5. The van der Waals surface area contributed by atoms with Crippen LogP contribution in [0.15, 0.2) is 48.5 Å². The monoisotopic (exact) mass is 270 g/mol. The molecule has 0 fully saturated rings. The summed E-state index contributed by atoms with van der Waals surface area (Å²) in [6.07, 6.45) is 0. The molecule has 0 aliphatic heterocycles. The number of phenols is 1. The highest BCUT2D eigenvalue weighted by molar-refractivity contribution is 5.94. The van der Waals surface area contributed by atoms with Gasteiger partial charge in [0.1, 0.15) is 5.75 Å². The van der Waals surface area contributed by atoms with Gasteiger partial charge in [0.05, 0.1) is 0 Å². The van der Waals surface area contributed by atoms with E-state index in [1.807, 2.05) is 31.2 Å². The van der Waals surface area contributed by atoms with E-state index in [9.17, 15) is 9.90 Å². The fourth-order valence-electron chi connectivity index (χ4n) is 1.82. The van der Waals surface area contributed by atoms with Gasteiger partial charge in [-0.2, -0.15) is 0 Å². The van der Waals surface area contributed by atoms with Crippen molar-refractivity contribution in [3.8, 4) is 5.75 Å². The number of benzene rings is 2. The Morgan fingerprint density at radius 1 is 1.05 bits per heavy atom. The van der Waals surface area contributed by atoms with Crippen molar-refractivity contribution in [2.24, 2.45) is 0 Å². The molecule has 0 unspecified atom stereocenters. The number of carbonyl (C=O) groups is 1. The fourth-order valence-corrected chi connectivity index (χ4v) is 1.82. The molecule has 1 amide bonds. The zero-order chi connectivity index (χ0) is 14.4. The molecule has 0 atom stereocenters. The van der Waals surface area contributed by atoms with Gasteiger partial charge in [0, 0.05) is 24.3 Å². The van der Waals surface area contributed by atoms with Crippen molar-refractivity contribution in [3.05, 3.63) is 59.7 Å². The lowest BCUT2D eigenvalue weighted by atomic mass is 10.1. The maximum Gasteiger partial charge on any atom is 0.251 e. The summed E-state index contributed by atoms with van der Waals surface area (Å²) in [5.41, 5.74) is 2.68. The van der Waals surface area contributed by atoms with E-state index < -0.39 is 0 Å². The summed E-state index contributed by atoms with van der Waals surface area (Å²) in [6.45, 7) is 3.19. The predicted octanol–water partition coefficient (Wildman–Crippen LogP) is 2.75. The van der Waals surface area contributed by atoms with Crippen LogP contribution in [0.2, 0.25) is 0 Å². The third-order valence-corrected chi connectivity index (χ3v) is 2.92. The van der Waals surface area contributed by atoms with Crippen LogP contribution in [0.5, 0.6) is 5.75 Å². The predicted molar refractivity (Wildman–Crippen MR) is 79.9 cm³/mol. The van der Waals surface area contributed by atoms with Gasteiger partial charge in [0.25, 0.3) is 5.91 Å². The van der Waals surface area contributed by atoms with Crippen LogP contribution in [0, 0.1) is 0 Å². The number of amides is 1. The summed E-state index contributed by atoms with van der Waals surface area (Å²) in [4.78, 5) is 11.6. The average Bonchev–Trinajstić information content (AvgIpc) is 2.47. The number of hydrogen-bond acceptors (Lipinski definition) is 3. The first kappa shape index (κ1) is 13.9. The van der Waals surface area contributed by atoms with E-state index in [2.05, 4.69) is 10.6 Å². The van der Waals surface area contributed by atoms with Crippen molar-refractivity contribution in [1.29, 1.82) is 0 Å². The van der Waals surface area contributed by atoms with Crippen LogP contribution in [-0.2, 0) is 6.54 Å². The number of phenolic OH excluding ortho intramolecular Hbond substituents is 1. The smallest absolute Gasteiger partial charge is 0.251 e. The van der Waals surface area contributed by atoms with Crippen molar-refractivity contribution in [3.63, 3.8) is 0 Å². The summed E-state index contributed by atoms with van der Waals surface area (Å²) in [7, 11) is 0. The number of carbonyl (C=O) groups excluding carboxylic acids is 1. The molecule has 0 radical (unpaired) electrons. The lowest BCUT2D eigenvalue weighted by Gasteiger charge is -2.08. The van der Waals surface area contributed by atoms with E-state index in [0.717, 1.165) is 11.3 Å². The molecular weight excluding hydrogens is 252 g/mol. The van der Waals surface area contributed by atoms with E-state index in [0.29, 0.717) is 18.7 Å². The van der Waals surface area contributed by atoms with E-state index in [1.165, 1.54) is 0 Å². The van der Waals surface area contributed by atoms with Crippen molar-refractivity contribution in [2.75, 3.05) is 11.9 Å². The highest BCUT2D eigenvalue weighted by Gasteiger charge is 2.03. The molecule has 0 saturated heterocycles. The normalized spacial score (nSPS) is 10.1. The lowest BCUT2D eigenvalue weighted by Crippen LogP contribution is -2.22. The molecule has 0 bridgehead atoms. The zero-order valence-electron chi connectivity index (χ0n) is 11.4. The molecule has 2 rings (SSSR count). The molecule has 2 aromatic rings. The van der Waals surface area contributed by atoms with Gasteiger partial charge in [-0.1, -0.05) is 12.1 Å². The van der Waals surface area contributed by atoms with Crippen LogP contribution in [0.4, 0.5) is 5.69 Å². The molecular formula is C16H18N2O2. The molecule has 0 aromatic heterocycles. The van der Waals surface area contributed by atoms with Crippen molar-refractivity contribution < 1.29 is 9.90 Å². The van der Waals surface area contributed by atoms with E-state index >= 15 is 0 Å². The third-order valence-electron chi connectivity index (χ3n) is 2.92. The molecule has 3 N–H and O–H groups in total. The van der Waals surface area contributed by atoms with Crippen molar-refractivity contribution >= 4 is 11.6 Å². The lowest BCUT2D eigenvalue weighted by molar-refractivity contribution is 0.0956. The van der Waals surface area contributed by atoms with Gasteiger partial charge in [-0.25, -0.2) is 0 Å². The highest BCUT2D eigenvalue weighted by atomic mass is 16.3. The van der Waals surface area contributed by atoms with Gasteiger partial charge in [-0.15, -0.1) is 0 Å². The molecule has 2 aromatic carbocycles. The minimum atomic E-state index is -0.0578. The van der Waals surface area contributed by atoms with Crippen molar-refractivity contribution in [1.82, 2.24) is 5.32 Å². The number of hydrogen-bond donors (Lipinski definition) is 3. The molecule has 0 heterocycles. The SMILES string of the molecule is CCNC(=O)c1ccc(NCc2ccc(O)cc2)cc1. The molecule has 0 aliphatic carbocycles. The maximum absolute atomic E-state index is 11.6.